The molecular weight excluding hydrogens is 395 g/mol. The molecule has 0 atom stereocenters. The lowest BCUT2D eigenvalue weighted by Gasteiger charge is -2.15. The van der Waals surface area contributed by atoms with Crippen LogP contribution in [-0.4, -0.2) is 4.57 Å². The number of nitrogens with zero attached hydrogens (tertiary/aromatic N) is 1. The van der Waals surface area contributed by atoms with Gasteiger partial charge in [-0.25, -0.2) is 8.78 Å². The molecule has 0 fully saturated rings. The van der Waals surface area contributed by atoms with Crippen LogP contribution in [0.2, 0.25) is 0 Å². The first-order valence-electron chi connectivity index (χ1n) is 7.16. The molecule has 1 heterocycles. The zero-order chi connectivity index (χ0) is 16.0. The summed E-state index contributed by atoms with van der Waals surface area (Å²) in [6, 6.07) is 9.91. The normalized spacial score (nSPS) is 11.6. The fourth-order valence-electron chi connectivity index (χ4n) is 2.80. The van der Waals surface area contributed by atoms with E-state index in [-0.39, 0.29) is 17.6 Å². The Morgan fingerprint density at radius 2 is 1.77 bits per heavy atom. The molecule has 0 spiro atoms. The van der Waals surface area contributed by atoms with Gasteiger partial charge in [-0.05, 0) is 77.4 Å². The summed E-state index contributed by atoms with van der Waals surface area (Å²) in [6.07, 6.45) is 0. The molecule has 0 radical (unpaired) electrons. The maximum absolute atomic E-state index is 13.6. The number of aromatic nitrogens is 1. The van der Waals surface area contributed by atoms with E-state index in [1.807, 2.05) is 6.07 Å². The molecule has 1 aromatic heterocycles. The number of hydrogen-bond donors (Lipinski definition) is 0. The van der Waals surface area contributed by atoms with Crippen LogP contribution in [0.4, 0.5) is 8.78 Å². The molecule has 0 aliphatic rings. The predicted octanol–water partition coefficient (Wildman–Crippen LogP) is 5.95. The van der Waals surface area contributed by atoms with E-state index in [2.05, 4.69) is 41.0 Å². The van der Waals surface area contributed by atoms with E-state index in [0.717, 1.165) is 25.9 Å². The average Bonchev–Trinajstić information content (AvgIpc) is 2.75. The number of benzene rings is 2. The molecule has 2 aromatic carbocycles. The van der Waals surface area contributed by atoms with Gasteiger partial charge in [-0.15, -0.1) is 0 Å². The minimum atomic E-state index is -0.242. The van der Waals surface area contributed by atoms with Crippen molar-refractivity contribution in [3.63, 3.8) is 0 Å². The highest BCUT2D eigenvalue weighted by Gasteiger charge is 2.19. The molecule has 0 N–H and O–H groups in total. The average molecular weight is 411 g/mol. The molecular formula is C18H16F2IN. The summed E-state index contributed by atoms with van der Waals surface area (Å²) >= 11 is 2.27. The van der Waals surface area contributed by atoms with Crippen LogP contribution in [-0.2, 0) is 0 Å². The largest absolute Gasteiger partial charge is 0.312 e. The van der Waals surface area contributed by atoms with E-state index in [9.17, 15) is 8.78 Å². The Kier molecular flexibility index (Phi) is 3.97. The maximum Gasteiger partial charge on any atom is 0.126 e. The summed E-state index contributed by atoms with van der Waals surface area (Å²) < 4.78 is 30.4. The molecule has 0 amide bonds. The SMILES string of the molecule is Cc1cc(-n2c(C(C)C)c(I)c3cc(F)ccc32)ccc1F. The van der Waals surface area contributed by atoms with Crippen LogP contribution in [0.15, 0.2) is 36.4 Å². The smallest absolute Gasteiger partial charge is 0.126 e. The third kappa shape index (κ3) is 2.43. The number of fused-ring (bicyclic) bond motifs is 1. The van der Waals surface area contributed by atoms with E-state index in [1.54, 1.807) is 25.1 Å². The van der Waals surface area contributed by atoms with Crippen LogP contribution >= 0.6 is 22.6 Å². The Morgan fingerprint density at radius 3 is 2.41 bits per heavy atom. The van der Waals surface area contributed by atoms with Crippen molar-refractivity contribution in [3.8, 4) is 5.69 Å². The monoisotopic (exact) mass is 411 g/mol. The van der Waals surface area contributed by atoms with Gasteiger partial charge in [0.05, 0.1) is 5.52 Å². The van der Waals surface area contributed by atoms with Gasteiger partial charge in [0.1, 0.15) is 11.6 Å². The molecule has 0 unspecified atom stereocenters. The summed E-state index contributed by atoms with van der Waals surface area (Å²) in [5, 5.41) is 0.895. The summed E-state index contributed by atoms with van der Waals surface area (Å²) in [6.45, 7) is 5.98. The fraction of sp³-hybridized carbons (Fsp3) is 0.222. The van der Waals surface area contributed by atoms with Crippen molar-refractivity contribution in [3.05, 3.63) is 62.9 Å². The van der Waals surface area contributed by atoms with Crippen LogP contribution in [0.5, 0.6) is 0 Å². The van der Waals surface area contributed by atoms with Gasteiger partial charge in [0.15, 0.2) is 0 Å². The third-order valence-electron chi connectivity index (χ3n) is 3.85. The van der Waals surface area contributed by atoms with E-state index < -0.39 is 0 Å². The van der Waals surface area contributed by atoms with Crippen molar-refractivity contribution in [1.29, 1.82) is 0 Å². The first-order valence-corrected chi connectivity index (χ1v) is 8.24. The first kappa shape index (κ1) is 15.5. The van der Waals surface area contributed by atoms with Crippen molar-refractivity contribution >= 4 is 33.5 Å². The quantitative estimate of drug-likeness (QED) is 0.460. The molecule has 0 aliphatic carbocycles. The lowest BCUT2D eigenvalue weighted by atomic mass is 10.1. The Balaban J connectivity index is 2.40. The van der Waals surface area contributed by atoms with Crippen molar-refractivity contribution < 1.29 is 8.78 Å². The molecule has 0 saturated carbocycles. The van der Waals surface area contributed by atoms with E-state index in [1.165, 1.54) is 12.1 Å². The van der Waals surface area contributed by atoms with Crippen molar-refractivity contribution in [1.82, 2.24) is 4.57 Å². The zero-order valence-electron chi connectivity index (χ0n) is 12.6. The molecule has 1 nitrogen and oxygen atoms in total. The van der Waals surface area contributed by atoms with Gasteiger partial charge < -0.3 is 4.57 Å². The van der Waals surface area contributed by atoms with Crippen molar-refractivity contribution in [2.45, 2.75) is 26.7 Å². The number of hydrogen-bond acceptors (Lipinski definition) is 0. The van der Waals surface area contributed by atoms with Gasteiger partial charge in [0, 0.05) is 20.3 Å². The van der Waals surface area contributed by atoms with Crippen LogP contribution < -0.4 is 0 Å². The number of rotatable bonds is 2. The molecule has 0 bridgehead atoms. The van der Waals surface area contributed by atoms with Gasteiger partial charge in [-0.3, -0.25) is 0 Å². The zero-order valence-corrected chi connectivity index (χ0v) is 14.8. The second-order valence-electron chi connectivity index (χ2n) is 5.78. The first-order chi connectivity index (χ1) is 10.4. The maximum atomic E-state index is 13.6. The van der Waals surface area contributed by atoms with E-state index in [0.29, 0.717) is 5.56 Å². The number of halogens is 3. The highest BCUT2D eigenvalue weighted by Crippen LogP contribution is 2.35. The third-order valence-corrected chi connectivity index (χ3v) is 4.98. The molecule has 4 heteroatoms. The second-order valence-corrected chi connectivity index (χ2v) is 6.86. The van der Waals surface area contributed by atoms with Gasteiger partial charge in [-0.2, -0.15) is 0 Å². The lowest BCUT2D eigenvalue weighted by molar-refractivity contribution is 0.618. The van der Waals surface area contributed by atoms with Crippen LogP contribution in [0, 0.1) is 22.1 Å². The minimum absolute atomic E-state index is 0.216. The molecule has 0 saturated heterocycles. The standard InChI is InChI=1S/C18H16F2IN/c1-10(2)18-17(21)14-9-12(19)4-7-16(14)22(18)13-5-6-15(20)11(3)8-13/h4-10H,1-3H3. The van der Waals surface area contributed by atoms with Crippen molar-refractivity contribution in [2.75, 3.05) is 0 Å². The van der Waals surface area contributed by atoms with Gasteiger partial charge in [0.2, 0.25) is 0 Å². The second kappa shape index (κ2) is 5.65. The molecule has 0 aliphatic heterocycles. The lowest BCUT2D eigenvalue weighted by Crippen LogP contribution is -2.03. The van der Waals surface area contributed by atoms with Gasteiger partial charge in [-0.1, -0.05) is 13.8 Å². The topological polar surface area (TPSA) is 4.93 Å². The van der Waals surface area contributed by atoms with E-state index in [4.69, 9.17) is 0 Å². The Hall–Kier alpha value is -1.43. The molecule has 3 rings (SSSR count). The van der Waals surface area contributed by atoms with E-state index >= 15 is 0 Å². The van der Waals surface area contributed by atoms with Gasteiger partial charge >= 0.3 is 0 Å². The van der Waals surface area contributed by atoms with Gasteiger partial charge in [0.25, 0.3) is 0 Å². The Labute approximate surface area is 142 Å². The Bertz CT molecular complexity index is 865. The molecule has 114 valence electrons. The predicted molar refractivity (Wildman–Crippen MR) is 94.7 cm³/mol. The van der Waals surface area contributed by atoms with Crippen molar-refractivity contribution in [2.24, 2.45) is 0 Å². The summed E-state index contributed by atoms with van der Waals surface area (Å²) in [4.78, 5) is 0. The Morgan fingerprint density at radius 1 is 1.05 bits per heavy atom. The minimum Gasteiger partial charge on any atom is -0.312 e. The van der Waals surface area contributed by atoms with Crippen LogP contribution in [0.3, 0.4) is 0 Å². The van der Waals surface area contributed by atoms with Crippen LogP contribution in [0.1, 0.15) is 31.0 Å². The summed E-state index contributed by atoms with van der Waals surface area (Å²) in [5.74, 6) is -0.187. The summed E-state index contributed by atoms with van der Waals surface area (Å²) in [5.41, 5.74) is 3.57. The summed E-state index contributed by atoms with van der Waals surface area (Å²) in [7, 11) is 0. The highest BCUT2D eigenvalue weighted by molar-refractivity contribution is 14.1. The highest BCUT2D eigenvalue weighted by atomic mass is 127. The molecule has 22 heavy (non-hydrogen) atoms. The number of aryl methyl sites for hydroxylation is 1. The molecule has 3 aromatic rings. The fourth-order valence-corrected chi connectivity index (χ4v) is 4.10. The van der Waals surface area contributed by atoms with Crippen LogP contribution in [0.25, 0.3) is 16.6 Å².